The molecule has 0 amide bonds. The molecule has 5 heteroatoms. The number of hydrogen-bond acceptors (Lipinski definition) is 4. The van der Waals surface area contributed by atoms with Crippen LogP contribution in [0.3, 0.4) is 0 Å². The van der Waals surface area contributed by atoms with Crippen LogP contribution in [0.5, 0.6) is 5.75 Å². The van der Waals surface area contributed by atoms with E-state index in [4.69, 9.17) is 10.5 Å². The summed E-state index contributed by atoms with van der Waals surface area (Å²) in [6.45, 7) is 0. The molecule has 1 unspecified atom stereocenters. The highest BCUT2D eigenvalue weighted by Gasteiger charge is 2.20. The van der Waals surface area contributed by atoms with Gasteiger partial charge in [0.15, 0.2) is 0 Å². The molecule has 0 aliphatic heterocycles. The van der Waals surface area contributed by atoms with Gasteiger partial charge in [-0.05, 0) is 37.2 Å². The Bertz CT molecular complexity index is 589. The largest absolute Gasteiger partial charge is 0.496 e. The molecule has 0 saturated heterocycles. The van der Waals surface area contributed by atoms with Crippen molar-refractivity contribution in [1.29, 1.82) is 0 Å². The molecule has 0 radical (unpaired) electrons. The van der Waals surface area contributed by atoms with E-state index in [9.17, 15) is 4.39 Å². The molecule has 1 aromatic carbocycles. The number of nitrogens with two attached hydrogens (primary N) is 1. The first-order chi connectivity index (χ1) is 9.67. The van der Waals surface area contributed by atoms with Crippen molar-refractivity contribution < 1.29 is 9.13 Å². The maximum Gasteiger partial charge on any atom is 0.131 e. The predicted molar refractivity (Wildman–Crippen MR) is 77.1 cm³/mol. The van der Waals surface area contributed by atoms with Crippen LogP contribution in [0.2, 0.25) is 0 Å². The maximum absolute atomic E-state index is 14.1. The SMILES string of the molecule is CNC(Cc1cnccc1N)c1c(F)cccc1OC. The zero-order valence-corrected chi connectivity index (χ0v) is 11.6. The third kappa shape index (κ3) is 2.88. The lowest BCUT2D eigenvalue weighted by atomic mass is 9.97. The minimum atomic E-state index is -0.300. The fourth-order valence-electron chi connectivity index (χ4n) is 2.21. The van der Waals surface area contributed by atoms with Gasteiger partial charge < -0.3 is 15.8 Å². The Hall–Kier alpha value is -2.14. The van der Waals surface area contributed by atoms with Crippen LogP contribution >= 0.6 is 0 Å². The van der Waals surface area contributed by atoms with Gasteiger partial charge in [0.1, 0.15) is 11.6 Å². The smallest absolute Gasteiger partial charge is 0.131 e. The van der Waals surface area contributed by atoms with Crippen molar-refractivity contribution in [2.75, 3.05) is 19.9 Å². The fourth-order valence-corrected chi connectivity index (χ4v) is 2.21. The number of aromatic nitrogens is 1. The van der Waals surface area contributed by atoms with Gasteiger partial charge in [0.05, 0.1) is 7.11 Å². The number of rotatable bonds is 5. The minimum Gasteiger partial charge on any atom is -0.496 e. The Kier molecular flexibility index (Phi) is 4.53. The lowest BCUT2D eigenvalue weighted by molar-refractivity contribution is 0.393. The molecule has 20 heavy (non-hydrogen) atoms. The van der Waals surface area contributed by atoms with Crippen molar-refractivity contribution in [2.24, 2.45) is 0 Å². The molecular weight excluding hydrogens is 257 g/mol. The number of likely N-dealkylation sites (N-methyl/N-ethyl adjacent to an activating group) is 1. The maximum atomic E-state index is 14.1. The molecular formula is C15H18FN3O. The average molecular weight is 275 g/mol. The van der Waals surface area contributed by atoms with Gasteiger partial charge in [0.2, 0.25) is 0 Å². The van der Waals surface area contributed by atoms with Crippen LogP contribution in [0.15, 0.2) is 36.7 Å². The second-order valence-electron chi connectivity index (χ2n) is 4.48. The van der Waals surface area contributed by atoms with Crippen LogP contribution in [0.25, 0.3) is 0 Å². The monoisotopic (exact) mass is 275 g/mol. The summed E-state index contributed by atoms with van der Waals surface area (Å²) in [6, 6.07) is 6.30. The van der Waals surface area contributed by atoms with Crippen LogP contribution in [-0.2, 0) is 6.42 Å². The van der Waals surface area contributed by atoms with Gasteiger partial charge in [-0.1, -0.05) is 6.07 Å². The number of methoxy groups -OCH3 is 1. The van der Waals surface area contributed by atoms with Crippen molar-refractivity contribution in [2.45, 2.75) is 12.5 Å². The highest BCUT2D eigenvalue weighted by Crippen LogP contribution is 2.30. The van der Waals surface area contributed by atoms with E-state index in [1.165, 1.54) is 13.2 Å². The molecule has 106 valence electrons. The van der Waals surface area contributed by atoms with Gasteiger partial charge in [-0.15, -0.1) is 0 Å². The number of benzene rings is 1. The topological polar surface area (TPSA) is 60.2 Å². The number of anilines is 1. The molecule has 0 aliphatic carbocycles. The first-order valence-electron chi connectivity index (χ1n) is 6.35. The second kappa shape index (κ2) is 6.34. The highest BCUT2D eigenvalue weighted by molar-refractivity contribution is 5.46. The molecule has 3 N–H and O–H groups in total. The Labute approximate surface area is 117 Å². The second-order valence-corrected chi connectivity index (χ2v) is 4.48. The Morgan fingerprint density at radius 3 is 2.85 bits per heavy atom. The van der Waals surface area contributed by atoms with E-state index in [1.807, 2.05) is 0 Å². The molecule has 1 heterocycles. The normalized spacial score (nSPS) is 12.2. The molecule has 1 atom stereocenters. The summed E-state index contributed by atoms with van der Waals surface area (Å²) in [4.78, 5) is 4.06. The van der Waals surface area contributed by atoms with E-state index in [2.05, 4.69) is 10.3 Å². The molecule has 0 fully saturated rings. The summed E-state index contributed by atoms with van der Waals surface area (Å²) in [5.74, 6) is 0.220. The van der Waals surface area contributed by atoms with Crippen molar-refractivity contribution in [1.82, 2.24) is 10.3 Å². The quantitative estimate of drug-likeness (QED) is 0.879. The molecule has 0 bridgehead atoms. The van der Waals surface area contributed by atoms with E-state index in [0.29, 0.717) is 23.4 Å². The molecule has 1 aromatic heterocycles. The van der Waals surface area contributed by atoms with Crippen molar-refractivity contribution in [3.63, 3.8) is 0 Å². The van der Waals surface area contributed by atoms with Crippen LogP contribution in [0, 0.1) is 5.82 Å². The fraction of sp³-hybridized carbons (Fsp3) is 0.267. The zero-order chi connectivity index (χ0) is 14.5. The van der Waals surface area contributed by atoms with Crippen molar-refractivity contribution in [3.05, 3.63) is 53.6 Å². The number of nitrogens with zero attached hydrogens (tertiary/aromatic N) is 1. The van der Waals surface area contributed by atoms with Crippen LogP contribution in [-0.4, -0.2) is 19.1 Å². The van der Waals surface area contributed by atoms with E-state index >= 15 is 0 Å². The van der Waals surface area contributed by atoms with E-state index in [-0.39, 0.29) is 11.9 Å². The summed E-state index contributed by atoms with van der Waals surface area (Å²) in [7, 11) is 3.31. The summed E-state index contributed by atoms with van der Waals surface area (Å²) in [5, 5.41) is 3.11. The third-order valence-corrected chi connectivity index (χ3v) is 3.30. The zero-order valence-electron chi connectivity index (χ0n) is 11.6. The predicted octanol–water partition coefficient (Wildman–Crippen LogP) is 2.31. The number of nitrogens with one attached hydrogen (secondary N) is 1. The summed E-state index contributed by atoms with van der Waals surface area (Å²) >= 11 is 0. The first kappa shape index (κ1) is 14.3. The number of hydrogen-bond donors (Lipinski definition) is 2. The third-order valence-electron chi connectivity index (χ3n) is 3.30. The first-order valence-corrected chi connectivity index (χ1v) is 6.35. The van der Waals surface area contributed by atoms with Crippen LogP contribution in [0.4, 0.5) is 10.1 Å². The lowest BCUT2D eigenvalue weighted by Gasteiger charge is -2.20. The highest BCUT2D eigenvalue weighted by atomic mass is 19.1. The number of nitrogen functional groups attached to an aromatic ring is 1. The Balaban J connectivity index is 2.36. The van der Waals surface area contributed by atoms with Crippen LogP contribution < -0.4 is 15.8 Å². The molecule has 2 rings (SSSR count). The van der Waals surface area contributed by atoms with Crippen LogP contribution in [0.1, 0.15) is 17.2 Å². The standard InChI is InChI=1S/C15H18FN3O/c1-18-13(8-10-9-19-7-6-12(10)17)15-11(16)4-3-5-14(15)20-2/h3-7,9,13,18H,8H2,1-2H3,(H2,17,19). The minimum absolute atomic E-state index is 0.238. The molecule has 2 aromatic rings. The van der Waals surface area contributed by atoms with Crippen molar-refractivity contribution in [3.8, 4) is 5.75 Å². The number of ether oxygens (including phenoxy) is 1. The number of halogens is 1. The van der Waals surface area contributed by atoms with Gasteiger partial charge in [0.25, 0.3) is 0 Å². The Morgan fingerprint density at radius 1 is 1.40 bits per heavy atom. The number of pyridine rings is 1. The van der Waals surface area contributed by atoms with Crippen molar-refractivity contribution >= 4 is 5.69 Å². The molecule has 0 saturated carbocycles. The molecule has 0 spiro atoms. The van der Waals surface area contributed by atoms with E-state index < -0.39 is 0 Å². The molecule has 0 aliphatic rings. The summed E-state index contributed by atoms with van der Waals surface area (Å²) in [6.07, 6.45) is 3.87. The Morgan fingerprint density at radius 2 is 2.20 bits per heavy atom. The van der Waals surface area contributed by atoms with Gasteiger partial charge >= 0.3 is 0 Å². The summed E-state index contributed by atoms with van der Waals surface area (Å²) < 4.78 is 19.4. The van der Waals surface area contributed by atoms with Gasteiger partial charge in [-0.2, -0.15) is 0 Å². The summed E-state index contributed by atoms with van der Waals surface area (Å²) in [5.41, 5.74) is 7.94. The van der Waals surface area contributed by atoms with E-state index in [0.717, 1.165) is 5.56 Å². The molecule has 4 nitrogen and oxygen atoms in total. The van der Waals surface area contributed by atoms with E-state index in [1.54, 1.807) is 37.6 Å². The average Bonchev–Trinajstić information content (AvgIpc) is 2.47. The van der Waals surface area contributed by atoms with Gasteiger partial charge in [-0.3, -0.25) is 4.98 Å². The van der Waals surface area contributed by atoms with Gasteiger partial charge in [-0.25, -0.2) is 4.39 Å². The lowest BCUT2D eigenvalue weighted by Crippen LogP contribution is -2.21. The van der Waals surface area contributed by atoms with Gasteiger partial charge in [0, 0.05) is 29.7 Å².